The Morgan fingerprint density at radius 1 is 1.00 bits per heavy atom. The number of hydrogen-bond donors (Lipinski definition) is 3. The predicted octanol–water partition coefficient (Wildman–Crippen LogP) is 5.18. The van der Waals surface area contributed by atoms with E-state index in [2.05, 4.69) is 40.8 Å². The zero-order chi connectivity index (χ0) is 24.0. The first-order valence-corrected chi connectivity index (χ1v) is 12.3. The van der Waals surface area contributed by atoms with Gasteiger partial charge >= 0.3 is 0 Å². The SMILES string of the molecule is Cc1ccc(-c2cc3c(Cl)ccc(NS(=O)(=O)c4ccc(C(C)(C)C)cc4)n3n2)[nH]n(C)[nH]1. The van der Waals surface area contributed by atoms with Crippen LogP contribution in [0, 0.1) is 6.92 Å². The van der Waals surface area contributed by atoms with Crippen molar-refractivity contribution in [2.75, 3.05) is 4.72 Å². The number of H-pyrrole nitrogens is 2. The maximum Gasteiger partial charge on any atom is 0.263 e. The number of nitrogens with one attached hydrogen (secondary N) is 3. The lowest BCUT2D eigenvalue weighted by Crippen LogP contribution is -2.16. The van der Waals surface area contributed by atoms with E-state index in [0.29, 0.717) is 16.2 Å². The van der Waals surface area contributed by atoms with Crippen molar-refractivity contribution in [2.24, 2.45) is 7.05 Å². The molecule has 0 aliphatic carbocycles. The molecule has 0 aliphatic rings. The van der Waals surface area contributed by atoms with Crippen LogP contribution in [-0.2, 0) is 22.5 Å². The van der Waals surface area contributed by atoms with Crippen molar-refractivity contribution in [3.8, 4) is 11.4 Å². The molecule has 0 aliphatic heterocycles. The molecule has 4 aromatic rings. The number of aromatic nitrogens is 5. The number of sulfonamides is 1. The number of fused-ring (bicyclic) bond motifs is 1. The smallest absolute Gasteiger partial charge is 0.263 e. The van der Waals surface area contributed by atoms with E-state index in [4.69, 9.17) is 11.6 Å². The normalized spacial score (nSPS) is 12.2. The van der Waals surface area contributed by atoms with Crippen molar-refractivity contribution in [3.63, 3.8) is 0 Å². The third-order valence-corrected chi connectivity index (χ3v) is 6.94. The van der Waals surface area contributed by atoms with Gasteiger partial charge in [0.1, 0.15) is 11.5 Å². The van der Waals surface area contributed by atoms with E-state index >= 15 is 0 Å². The van der Waals surface area contributed by atoms with Crippen molar-refractivity contribution < 1.29 is 8.42 Å². The van der Waals surface area contributed by atoms with Crippen LogP contribution >= 0.6 is 11.6 Å². The molecule has 0 atom stereocenters. The van der Waals surface area contributed by atoms with Gasteiger partial charge in [-0.25, -0.2) is 17.7 Å². The summed E-state index contributed by atoms with van der Waals surface area (Å²) >= 11 is 6.40. The zero-order valence-corrected chi connectivity index (χ0v) is 20.7. The Kier molecular flexibility index (Phi) is 5.79. The minimum atomic E-state index is -3.83. The summed E-state index contributed by atoms with van der Waals surface area (Å²) < 4.78 is 30.3. The summed E-state index contributed by atoms with van der Waals surface area (Å²) in [6, 6.07) is 15.8. The average molecular weight is 487 g/mol. The third kappa shape index (κ3) is 4.79. The van der Waals surface area contributed by atoms with E-state index in [0.717, 1.165) is 17.0 Å². The van der Waals surface area contributed by atoms with Crippen LogP contribution in [0.5, 0.6) is 0 Å². The van der Waals surface area contributed by atoms with Crippen LogP contribution < -0.4 is 4.72 Å². The number of aromatic amines is 2. The first kappa shape index (κ1) is 23.0. The largest absolute Gasteiger partial charge is 0.289 e. The highest BCUT2D eigenvalue weighted by Gasteiger charge is 2.20. The molecule has 0 radical (unpaired) electrons. The fourth-order valence-electron chi connectivity index (χ4n) is 3.48. The molecule has 0 spiro atoms. The van der Waals surface area contributed by atoms with Gasteiger partial charge in [0.15, 0.2) is 0 Å². The number of pyridine rings is 1. The Morgan fingerprint density at radius 2 is 1.70 bits per heavy atom. The van der Waals surface area contributed by atoms with Gasteiger partial charge in [-0.05, 0) is 60.4 Å². The number of benzene rings is 1. The summed E-state index contributed by atoms with van der Waals surface area (Å²) in [5, 5.41) is 11.4. The summed E-state index contributed by atoms with van der Waals surface area (Å²) in [7, 11) is -1.99. The van der Waals surface area contributed by atoms with Gasteiger partial charge in [0, 0.05) is 12.7 Å². The molecule has 33 heavy (non-hydrogen) atoms. The van der Waals surface area contributed by atoms with Crippen LogP contribution in [0.4, 0.5) is 5.82 Å². The molecular weight excluding hydrogens is 460 g/mol. The van der Waals surface area contributed by atoms with E-state index in [-0.39, 0.29) is 16.1 Å². The molecular formula is C23H27ClN6O2S. The highest BCUT2D eigenvalue weighted by Crippen LogP contribution is 2.28. The zero-order valence-electron chi connectivity index (χ0n) is 19.1. The predicted molar refractivity (Wildman–Crippen MR) is 132 cm³/mol. The molecule has 0 saturated carbocycles. The second-order valence-corrected chi connectivity index (χ2v) is 11.1. The molecule has 0 bridgehead atoms. The number of anilines is 1. The number of hydrogen-bond acceptors (Lipinski definition) is 3. The van der Waals surface area contributed by atoms with Crippen molar-refractivity contribution in [2.45, 2.75) is 38.0 Å². The molecule has 0 saturated heterocycles. The first-order valence-electron chi connectivity index (χ1n) is 10.4. The third-order valence-electron chi connectivity index (χ3n) is 5.25. The topological polar surface area (TPSA) is 100.0 Å². The molecule has 4 rings (SSSR count). The van der Waals surface area contributed by atoms with Crippen LogP contribution in [0.2, 0.25) is 5.02 Å². The molecule has 3 aromatic heterocycles. The molecule has 174 valence electrons. The highest BCUT2D eigenvalue weighted by molar-refractivity contribution is 7.92. The summed E-state index contributed by atoms with van der Waals surface area (Å²) in [4.78, 5) is 1.88. The van der Waals surface area contributed by atoms with Crippen LogP contribution in [0.15, 0.2) is 59.5 Å². The maximum atomic E-state index is 13.1. The van der Waals surface area contributed by atoms with E-state index in [1.807, 2.05) is 38.2 Å². The van der Waals surface area contributed by atoms with Gasteiger partial charge in [0.25, 0.3) is 10.0 Å². The Balaban J connectivity index is 1.75. The molecule has 0 fully saturated rings. The van der Waals surface area contributed by atoms with Gasteiger partial charge in [-0.1, -0.05) is 44.5 Å². The van der Waals surface area contributed by atoms with Crippen molar-refractivity contribution >= 4 is 33.0 Å². The Labute approximate surface area is 197 Å². The van der Waals surface area contributed by atoms with E-state index in [9.17, 15) is 8.42 Å². The van der Waals surface area contributed by atoms with Crippen molar-refractivity contribution in [1.82, 2.24) is 24.6 Å². The number of aryl methyl sites for hydroxylation is 2. The standard InChI is InChI=1S/C23H27ClN6O2S/c1-15-6-12-19(26-29(5)25-15)20-14-21-18(24)11-13-22(30(21)27-20)28-33(31,32)17-9-7-16(8-10-17)23(2,3)4/h6-14,25-26,28H,1-5H3. The summed E-state index contributed by atoms with van der Waals surface area (Å²) in [5.74, 6) is 0.285. The van der Waals surface area contributed by atoms with Crippen LogP contribution in [0.25, 0.3) is 16.9 Å². The number of halogens is 1. The van der Waals surface area contributed by atoms with Gasteiger partial charge in [-0.15, -0.1) is 0 Å². The number of nitrogens with zero attached hydrogens (tertiary/aromatic N) is 3. The molecule has 0 unspecified atom stereocenters. The molecule has 0 amide bonds. The van der Waals surface area contributed by atoms with E-state index in [1.54, 1.807) is 35.1 Å². The minimum absolute atomic E-state index is 0.0679. The summed E-state index contributed by atoms with van der Waals surface area (Å²) in [6.45, 7) is 8.19. The number of rotatable bonds is 4. The van der Waals surface area contributed by atoms with Crippen molar-refractivity contribution in [3.05, 3.63) is 70.9 Å². The van der Waals surface area contributed by atoms with Gasteiger partial charge in [0.05, 0.1) is 21.1 Å². The van der Waals surface area contributed by atoms with Crippen LogP contribution in [-0.4, -0.2) is 33.0 Å². The van der Waals surface area contributed by atoms with Gasteiger partial charge in [0.2, 0.25) is 0 Å². The Bertz CT molecular complexity index is 1470. The van der Waals surface area contributed by atoms with Gasteiger partial charge in [-0.3, -0.25) is 14.9 Å². The van der Waals surface area contributed by atoms with E-state index < -0.39 is 10.0 Å². The second kappa shape index (κ2) is 8.31. The summed E-state index contributed by atoms with van der Waals surface area (Å²) in [5.41, 5.74) is 3.86. The molecule has 3 heterocycles. The fourth-order valence-corrected chi connectivity index (χ4v) is 4.72. The van der Waals surface area contributed by atoms with E-state index in [1.165, 1.54) is 4.52 Å². The van der Waals surface area contributed by atoms with Gasteiger partial charge < -0.3 is 0 Å². The lowest BCUT2D eigenvalue weighted by atomic mass is 9.87. The van der Waals surface area contributed by atoms with Crippen LogP contribution in [0.3, 0.4) is 0 Å². The lowest BCUT2D eigenvalue weighted by molar-refractivity contribution is 0.587. The van der Waals surface area contributed by atoms with Crippen molar-refractivity contribution in [1.29, 1.82) is 0 Å². The van der Waals surface area contributed by atoms with Gasteiger partial charge in [-0.2, -0.15) is 5.10 Å². The second-order valence-electron chi connectivity index (χ2n) is 8.99. The molecule has 3 N–H and O–H groups in total. The molecule has 8 nitrogen and oxygen atoms in total. The monoisotopic (exact) mass is 486 g/mol. The lowest BCUT2D eigenvalue weighted by Gasteiger charge is -2.19. The minimum Gasteiger partial charge on any atom is -0.289 e. The quantitative estimate of drug-likeness (QED) is 0.370. The highest BCUT2D eigenvalue weighted by atomic mass is 35.5. The maximum absolute atomic E-state index is 13.1. The fraction of sp³-hybridized carbons (Fsp3) is 0.261. The average Bonchev–Trinajstić information content (AvgIpc) is 3.11. The first-order chi connectivity index (χ1) is 15.4. The molecule has 10 heteroatoms. The molecule has 1 aromatic carbocycles. The Hall–Kier alpha value is -3.17. The Morgan fingerprint density at radius 3 is 2.36 bits per heavy atom. The summed E-state index contributed by atoms with van der Waals surface area (Å²) in [6.07, 6.45) is 0. The van der Waals surface area contributed by atoms with Crippen LogP contribution in [0.1, 0.15) is 32.0 Å².